The van der Waals surface area contributed by atoms with Crippen LogP contribution in [-0.4, -0.2) is 30.1 Å². The van der Waals surface area contributed by atoms with E-state index >= 15 is 0 Å². The average molecular weight is 351 g/mol. The first-order valence-corrected chi connectivity index (χ1v) is 8.47. The number of anilines is 1. The zero-order chi connectivity index (χ0) is 18.2. The van der Waals surface area contributed by atoms with Crippen LogP contribution in [0.5, 0.6) is 5.75 Å². The monoisotopic (exact) mass is 351 g/mol. The van der Waals surface area contributed by atoms with E-state index in [2.05, 4.69) is 15.6 Å². The molecule has 0 amide bonds. The van der Waals surface area contributed by atoms with E-state index in [4.69, 9.17) is 9.84 Å². The molecule has 1 aliphatic heterocycles. The van der Waals surface area contributed by atoms with Crippen LogP contribution in [0.1, 0.15) is 17.5 Å². The number of hydrogen-bond acceptors (Lipinski definition) is 5. The number of carbonyl (C=O) groups is 1. The normalized spacial score (nSPS) is 13.8. The molecule has 0 aromatic heterocycles. The van der Waals surface area contributed by atoms with Gasteiger partial charge in [-0.15, -0.1) is 0 Å². The van der Waals surface area contributed by atoms with Gasteiger partial charge in [-0.3, -0.25) is 4.99 Å². The minimum atomic E-state index is -0.965. The summed E-state index contributed by atoms with van der Waals surface area (Å²) in [5.41, 5.74) is 2.82. The van der Waals surface area contributed by atoms with E-state index in [0.29, 0.717) is 6.61 Å². The topological polar surface area (TPSA) is 83.0 Å². The van der Waals surface area contributed by atoms with Gasteiger partial charge in [-0.25, -0.2) is 4.79 Å². The molecule has 1 heterocycles. The number of benzene rings is 2. The fraction of sp³-hybridized carbons (Fsp3) is 0.200. The van der Waals surface area contributed by atoms with E-state index in [1.807, 2.05) is 48.5 Å². The van der Waals surface area contributed by atoms with Crippen LogP contribution in [-0.2, 0) is 11.4 Å². The minimum Gasteiger partial charge on any atom is -0.489 e. The summed E-state index contributed by atoms with van der Waals surface area (Å²) < 4.78 is 5.80. The Morgan fingerprint density at radius 3 is 2.85 bits per heavy atom. The number of hydrogen-bond donors (Lipinski definition) is 3. The molecule has 6 nitrogen and oxygen atoms in total. The molecule has 3 N–H and O–H groups in total. The highest BCUT2D eigenvalue weighted by atomic mass is 16.5. The second-order valence-corrected chi connectivity index (χ2v) is 5.87. The molecule has 0 unspecified atom stereocenters. The quantitative estimate of drug-likeness (QED) is 0.697. The van der Waals surface area contributed by atoms with Crippen molar-refractivity contribution in [1.82, 2.24) is 5.32 Å². The summed E-state index contributed by atoms with van der Waals surface area (Å²) in [6, 6.07) is 15.3. The molecule has 0 atom stereocenters. The Kier molecular flexibility index (Phi) is 5.88. The summed E-state index contributed by atoms with van der Waals surface area (Å²) in [4.78, 5) is 14.9. The fourth-order valence-electron chi connectivity index (χ4n) is 2.50. The van der Waals surface area contributed by atoms with Crippen LogP contribution < -0.4 is 15.4 Å². The second kappa shape index (κ2) is 8.71. The maximum Gasteiger partial charge on any atom is 0.328 e. The van der Waals surface area contributed by atoms with Crippen LogP contribution in [0, 0.1) is 0 Å². The first kappa shape index (κ1) is 17.5. The highest BCUT2D eigenvalue weighted by Crippen LogP contribution is 2.17. The molecule has 6 heteroatoms. The van der Waals surface area contributed by atoms with Crippen LogP contribution in [0.3, 0.4) is 0 Å². The van der Waals surface area contributed by atoms with Crippen molar-refractivity contribution in [2.75, 3.05) is 18.4 Å². The van der Waals surface area contributed by atoms with E-state index in [9.17, 15) is 4.79 Å². The lowest BCUT2D eigenvalue weighted by Crippen LogP contribution is -2.35. The van der Waals surface area contributed by atoms with Crippen molar-refractivity contribution in [3.8, 4) is 5.75 Å². The summed E-state index contributed by atoms with van der Waals surface area (Å²) in [6.07, 6.45) is 3.72. The van der Waals surface area contributed by atoms with Crippen molar-refractivity contribution in [3.05, 3.63) is 65.7 Å². The smallest absolute Gasteiger partial charge is 0.328 e. The van der Waals surface area contributed by atoms with Gasteiger partial charge in [-0.2, -0.15) is 0 Å². The van der Waals surface area contributed by atoms with Crippen LogP contribution >= 0.6 is 0 Å². The molecule has 3 rings (SSSR count). The van der Waals surface area contributed by atoms with Crippen LogP contribution in [0.15, 0.2) is 59.6 Å². The molecule has 134 valence electrons. The van der Waals surface area contributed by atoms with Crippen molar-refractivity contribution in [3.63, 3.8) is 0 Å². The van der Waals surface area contributed by atoms with E-state index in [-0.39, 0.29) is 0 Å². The number of nitrogens with zero attached hydrogens (tertiary/aromatic N) is 1. The lowest BCUT2D eigenvalue weighted by Gasteiger charge is -2.16. The SMILES string of the molecule is O=C(O)/C=C/c1ccc(OCc2cccc(NC3=NCCCN3)c2)cc1. The largest absolute Gasteiger partial charge is 0.489 e. The third kappa shape index (κ3) is 5.37. The summed E-state index contributed by atoms with van der Waals surface area (Å²) in [5, 5.41) is 15.1. The fourth-order valence-corrected chi connectivity index (χ4v) is 2.50. The Balaban J connectivity index is 1.56. The number of rotatable bonds is 6. The first-order chi connectivity index (χ1) is 12.7. The highest BCUT2D eigenvalue weighted by molar-refractivity contribution is 5.94. The van der Waals surface area contributed by atoms with E-state index < -0.39 is 5.97 Å². The molecule has 0 spiro atoms. The maximum absolute atomic E-state index is 10.5. The Hall–Kier alpha value is -3.28. The Morgan fingerprint density at radius 2 is 2.12 bits per heavy atom. The summed E-state index contributed by atoms with van der Waals surface area (Å²) in [6.45, 7) is 2.22. The first-order valence-electron chi connectivity index (χ1n) is 8.47. The van der Waals surface area contributed by atoms with Gasteiger partial charge in [0.25, 0.3) is 0 Å². The maximum atomic E-state index is 10.5. The van der Waals surface area contributed by atoms with Gasteiger partial charge in [0.1, 0.15) is 12.4 Å². The van der Waals surface area contributed by atoms with Crippen LogP contribution in [0.4, 0.5) is 5.69 Å². The van der Waals surface area contributed by atoms with Gasteiger partial charge in [0.15, 0.2) is 5.96 Å². The Bertz CT molecular complexity index is 813. The van der Waals surface area contributed by atoms with Gasteiger partial charge in [0.2, 0.25) is 0 Å². The molecule has 0 aliphatic carbocycles. The molecule has 0 saturated carbocycles. The van der Waals surface area contributed by atoms with Gasteiger partial charge in [0, 0.05) is 24.9 Å². The van der Waals surface area contributed by atoms with Gasteiger partial charge in [-0.05, 0) is 47.9 Å². The molecule has 26 heavy (non-hydrogen) atoms. The summed E-state index contributed by atoms with van der Waals surface area (Å²) in [7, 11) is 0. The molecule has 0 bridgehead atoms. The summed E-state index contributed by atoms with van der Waals surface area (Å²) >= 11 is 0. The number of ether oxygens (including phenoxy) is 1. The average Bonchev–Trinajstić information content (AvgIpc) is 2.67. The third-order valence-corrected chi connectivity index (χ3v) is 3.79. The van der Waals surface area contributed by atoms with Crippen LogP contribution in [0.2, 0.25) is 0 Å². The van der Waals surface area contributed by atoms with Crippen molar-refractivity contribution in [2.45, 2.75) is 13.0 Å². The van der Waals surface area contributed by atoms with Crippen molar-refractivity contribution < 1.29 is 14.6 Å². The van der Waals surface area contributed by atoms with Crippen LogP contribution in [0.25, 0.3) is 6.08 Å². The number of aliphatic carboxylic acids is 1. The molecule has 2 aromatic carbocycles. The Labute approximate surface area is 152 Å². The number of guanidine groups is 1. The molecule has 1 aliphatic rings. The predicted molar refractivity (Wildman–Crippen MR) is 102 cm³/mol. The van der Waals surface area contributed by atoms with Gasteiger partial charge >= 0.3 is 5.97 Å². The molecular weight excluding hydrogens is 330 g/mol. The standard InChI is InChI=1S/C20H21N3O3/c24-19(25)10-7-15-5-8-18(9-6-15)26-14-16-3-1-4-17(13-16)23-20-21-11-2-12-22-20/h1,3-10,13H,2,11-12,14H2,(H,24,25)(H2,21,22,23)/b10-7+. The molecule has 2 aromatic rings. The molecular formula is C20H21N3O3. The number of nitrogens with one attached hydrogen (secondary N) is 2. The van der Waals surface area contributed by atoms with E-state index in [1.165, 1.54) is 0 Å². The zero-order valence-electron chi connectivity index (χ0n) is 14.3. The molecule has 0 radical (unpaired) electrons. The zero-order valence-corrected chi connectivity index (χ0v) is 14.3. The number of carboxylic acids is 1. The summed E-state index contributed by atoms with van der Waals surface area (Å²) in [5.74, 6) is 0.571. The highest BCUT2D eigenvalue weighted by Gasteiger charge is 2.05. The van der Waals surface area contributed by atoms with E-state index in [1.54, 1.807) is 6.08 Å². The predicted octanol–water partition coefficient (Wildman–Crippen LogP) is 3.12. The van der Waals surface area contributed by atoms with Gasteiger partial charge in [-0.1, -0.05) is 24.3 Å². The second-order valence-electron chi connectivity index (χ2n) is 5.87. The Morgan fingerprint density at radius 1 is 1.27 bits per heavy atom. The van der Waals surface area contributed by atoms with Gasteiger partial charge in [0.05, 0.1) is 0 Å². The molecule has 0 saturated heterocycles. The van der Waals surface area contributed by atoms with Crippen molar-refractivity contribution >= 4 is 23.7 Å². The third-order valence-electron chi connectivity index (χ3n) is 3.79. The van der Waals surface area contributed by atoms with Crippen molar-refractivity contribution in [1.29, 1.82) is 0 Å². The van der Waals surface area contributed by atoms with E-state index in [0.717, 1.165) is 54.1 Å². The number of carboxylic acid groups (broad SMARTS) is 1. The number of aliphatic imine (C=N–C) groups is 1. The van der Waals surface area contributed by atoms with Crippen molar-refractivity contribution in [2.24, 2.45) is 4.99 Å². The molecule has 0 fully saturated rings. The van der Waals surface area contributed by atoms with Gasteiger partial charge < -0.3 is 20.5 Å². The lowest BCUT2D eigenvalue weighted by molar-refractivity contribution is -0.131. The minimum absolute atomic E-state index is 0.444. The lowest BCUT2D eigenvalue weighted by atomic mass is 10.2.